The zero-order chi connectivity index (χ0) is 10.6. The molecule has 0 heterocycles. The van der Waals surface area contributed by atoms with E-state index in [9.17, 15) is 0 Å². The van der Waals surface area contributed by atoms with E-state index in [1.165, 1.54) is 0 Å². The lowest BCUT2D eigenvalue weighted by atomic mass is 10.2. The molecule has 14 heavy (non-hydrogen) atoms. The number of rotatable bonds is 1. The Morgan fingerprint density at radius 2 is 1.93 bits per heavy atom. The summed E-state index contributed by atoms with van der Waals surface area (Å²) in [4.78, 5) is 0.523. The molecular formula is C9H9ClN2S2. The van der Waals surface area contributed by atoms with Crippen molar-refractivity contribution < 1.29 is 0 Å². The first kappa shape index (κ1) is 11.4. The van der Waals surface area contributed by atoms with E-state index in [-0.39, 0.29) is 0 Å². The van der Waals surface area contributed by atoms with Crippen LogP contribution < -0.4 is 10.6 Å². The third-order valence-corrected chi connectivity index (χ3v) is 2.53. The molecule has 74 valence electrons. The van der Waals surface area contributed by atoms with Gasteiger partial charge in [0.1, 0.15) is 4.99 Å². The number of thiocarbonyl (C=S) groups is 2. The number of nitrogens with one attached hydrogen (secondary N) is 2. The number of benzene rings is 1. The van der Waals surface area contributed by atoms with Crippen molar-refractivity contribution in [3.63, 3.8) is 0 Å². The van der Waals surface area contributed by atoms with Gasteiger partial charge in [-0.25, -0.2) is 0 Å². The minimum atomic E-state index is 0.481. The van der Waals surface area contributed by atoms with Crippen LogP contribution >= 0.6 is 36.0 Å². The smallest absolute Gasteiger partial charge is 0.171 e. The van der Waals surface area contributed by atoms with Crippen LogP contribution in [0.2, 0.25) is 5.02 Å². The van der Waals surface area contributed by atoms with Crippen molar-refractivity contribution in [3.05, 3.63) is 34.9 Å². The van der Waals surface area contributed by atoms with Gasteiger partial charge in [-0.2, -0.15) is 0 Å². The average Bonchev–Trinajstić information content (AvgIpc) is 2.18. The molecule has 0 atom stereocenters. The molecule has 0 amide bonds. The van der Waals surface area contributed by atoms with Gasteiger partial charge in [-0.15, -0.1) is 0 Å². The third kappa shape index (κ3) is 2.90. The first-order valence-electron chi connectivity index (χ1n) is 3.92. The Morgan fingerprint density at radius 1 is 1.29 bits per heavy atom. The van der Waals surface area contributed by atoms with Crippen molar-refractivity contribution in [2.45, 2.75) is 0 Å². The molecule has 1 rings (SSSR count). The largest absolute Gasteiger partial charge is 0.366 e. The molecule has 2 N–H and O–H groups in total. The van der Waals surface area contributed by atoms with Crippen molar-refractivity contribution in [2.75, 3.05) is 7.05 Å². The van der Waals surface area contributed by atoms with Crippen LogP contribution in [0.5, 0.6) is 0 Å². The molecule has 0 saturated heterocycles. The fraction of sp³-hybridized carbons (Fsp3) is 0.111. The molecule has 0 aliphatic rings. The number of hydrogen-bond acceptors (Lipinski definition) is 2. The predicted molar refractivity (Wildman–Crippen MR) is 67.9 cm³/mol. The van der Waals surface area contributed by atoms with Gasteiger partial charge in [-0.1, -0.05) is 42.0 Å². The lowest BCUT2D eigenvalue weighted by Crippen LogP contribution is -2.36. The summed E-state index contributed by atoms with van der Waals surface area (Å²) in [5.74, 6) is 0. The van der Waals surface area contributed by atoms with E-state index in [0.717, 1.165) is 5.56 Å². The SMILES string of the molecule is CNC(=S)NC(=S)c1ccccc1Cl. The normalized spacial score (nSPS) is 9.29. The highest BCUT2D eigenvalue weighted by Gasteiger charge is 2.05. The Balaban J connectivity index is 2.80. The molecule has 5 heteroatoms. The Labute approximate surface area is 98.6 Å². The monoisotopic (exact) mass is 244 g/mol. The van der Waals surface area contributed by atoms with Crippen LogP contribution in [0.25, 0.3) is 0 Å². The van der Waals surface area contributed by atoms with E-state index in [0.29, 0.717) is 15.1 Å². The summed E-state index contributed by atoms with van der Waals surface area (Å²) >= 11 is 16.0. The van der Waals surface area contributed by atoms with Crippen LogP contribution in [0.1, 0.15) is 5.56 Å². The summed E-state index contributed by atoms with van der Waals surface area (Å²) in [6.07, 6.45) is 0. The van der Waals surface area contributed by atoms with Crippen LogP contribution in [-0.2, 0) is 0 Å². The molecule has 0 bridgehead atoms. The second-order valence-corrected chi connectivity index (χ2v) is 3.74. The topological polar surface area (TPSA) is 24.1 Å². The number of hydrogen-bond donors (Lipinski definition) is 2. The second kappa shape index (κ2) is 5.24. The van der Waals surface area contributed by atoms with Crippen molar-refractivity contribution in [2.24, 2.45) is 0 Å². The zero-order valence-corrected chi connectivity index (χ0v) is 9.89. The van der Waals surface area contributed by atoms with Crippen molar-refractivity contribution in [1.82, 2.24) is 10.6 Å². The third-order valence-electron chi connectivity index (χ3n) is 1.57. The van der Waals surface area contributed by atoms with Gasteiger partial charge < -0.3 is 10.6 Å². The molecule has 2 nitrogen and oxygen atoms in total. The highest BCUT2D eigenvalue weighted by atomic mass is 35.5. The van der Waals surface area contributed by atoms with Gasteiger partial charge in [0.05, 0.1) is 5.02 Å². The van der Waals surface area contributed by atoms with E-state index in [1.54, 1.807) is 13.1 Å². The van der Waals surface area contributed by atoms with Crippen LogP contribution in [0.3, 0.4) is 0 Å². The van der Waals surface area contributed by atoms with Crippen molar-refractivity contribution >= 4 is 46.1 Å². The minimum absolute atomic E-state index is 0.481. The van der Waals surface area contributed by atoms with E-state index >= 15 is 0 Å². The molecule has 0 saturated carbocycles. The minimum Gasteiger partial charge on any atom is -0.366 e. The quantitative estimate of drug-likeness (QED) is 0.739. The molecule has 0 aliphatic carbocycles. The molecular weight excluding hydrogens is 236 g/mol. The standard InChI is InChI=1S/C9H9ClN2S2/c1-11-9(14)12-8(13)6-4-2-3-5-7(6)10/h2-5H,1H3,(H2,11,12,13,14). The molecule has 1 aromatic rings. The Hall–Kier alpha value is -0.710. The van der Waals surface area contributed by atoms with Crippen LogP contribution in [-0.4, -0.2) is 17.1 Å². The molecule has 0 aromatic heterocycles. The van der Waals surface area contributed by atoms with Gasteiger partial charge in [0.2, 0.25) is 0 Å². The van der Waals surface area contributed by atoms with Gasteiger partial charge in [0.15, 0.2) is 5.11 Å². The van der Waals surface area contributed by atoms with E-state index in [2.05, 4.69) is 10.6 Å². The van der Waals surface area contributed by atoms with Gasteiger partial charge in [-0.3, -0.25) is 0 Å². The van der Waals surface area contributed by atoms with Crippen molar-refractivity contribution in [1.29, 1.82) is 0 Å². The highest BCUT2D eigenvalue weighted by molar-refractivity contribution is 7.82. The Bertz CT molecular complexity index is 366. The summed E-state index contributed by atoms with van der Waals surface area (Å²) in [5.41, 5.74) is 0.779. The summed E-state index contributed by atoms with van der Waals surface area (Å²) in [5, 5.41) is 6.72. The summed E-state index contributed by atoms with van der Waals surface area (Å²) < 4.78 is 0. The fourth-order valence-electron chi connectivity index (χ4n) is 0.878. The van der Waals surface area contributed by atoms with Crippen LogP contribution in [0.15, 0.2) is 24.3 Å². The first-order valence-corrected chi connectivity index (χ1v) is 5.12. The molecule has 0 fully saturated rings. The van der Waals surface area contributed by atoms with Gasteiger partial charge in [0, 0.05) is 12.6 Å². The van der Waals surface area contributed by atoms with Gasteiger partial charge in [0.25, 0.3) is 0 Å². The maximum Gasteiger partial charge on any atom is 0.171 e. The van der Waals surface area contributed by atoms with Crippen LogP contribution in [0, 0.1) is 0 Å². The number of halogens is 1. The lowest BCUT2D eigenvalue weighted by molar-refractivity contribution is 1.14. The van der Waals surface area contributed by atoms with Gasteiger partial charge in [-0.05, 0) is 18.3 Å². The van der Waals surface area contributed by atoms with E-state index in [4.69, 9.17) is 36.0 Å². The van der Waals surface area contributed by atoms with Gasteiger partial charge >= 0.3 is 0 Å². The molecule has 1 aromatic carbocycles. The molecule has 0 aliphatic heterocycles. The maximum absolute atomic E-state index is 5.95. The van der Waals surface area contributed by atoms with E-state index < -0.39 is 0 Å². The molecule has 0 radical (unpaired) electrons. The van der Waals surface area contributed by atoms with Crippen LogP contribution in [0.4, 0.5) is 0 Å². The average molecular weight is 245 g/mol. The summed E-state index contributed by atoms with van der Waals surface area (Å²) in [6.45, 7) is 0. The zero-order valence-electron chi connectivity index (χ0n) is 7.50. The molecule has 0 spiro atoms. The van der Waals surface area contributed by atoms with Crippen molar-refractivity contribution in [3.8, 4) is 0 Å². The predicted octanol–water partition coefficient (Wildman–Crippen LogP) is 2.11. The summed E-state index contributed by atoms with van der Waals surface area (Å²) in [7, 11) is 1.73. The Kier molecular flexibility index (Phi) is 4.25. The lowest BCUT2D eigenvalue weighted by Gasteiger charge is -2.09. The Morgan fingerprint density at radius 3 is 2.50 bits per heavy atom. The second-order valence-electron chi connectivity index (χ2n) is 2.51. The first-order chi connectivity index (χ1) is 6.65. The highest BCUT2D eigenvalue weighted by Crippen LogP contribution is 2.14. The molecule has 0 unspecified atom stereocenters. The summed E-state index contributed by atoms with van der Waals surface area (Å²) in [6, 6.07) is 7.35. The van der Waals surface area contributed by atoms with E-state index in [1.807, 2.05) is 18.2 Å². The fourth-order valence-corrected chi connectivity index (χ4v) is 1.61. The maximum atomic E-state index is 5.95.